The lowest BCUT2D eigenvalue weighted by Gasteiger charge is -2.35. The second-order valence-electron chi connectivity index (χ2n) is 9.53. The largest absolute Gasteiger partial charge is 0.494 e. The average molecular weight is 431 g/mol. The first kappa shape index (κ1) is 24.0. The molecule has 0 aliphatic heterocycles. The van der Waals surface area contributed by atoms with Crippen LogP contribution in [0, 0.1) is 29.4 Å². The molecule has 1 atom stereocenters. The van der Waals surface area contributed by atoms with E-state index in [-0.39, 0.29) is 5.75 Å². The van der Waals surface area contributed by atoms with Gasteiger partial charge in [-0.15, -0.1) is 0 Å². The van der Waals surface area contributed by atoms with E-state index < -0.39 is 11.6 Å². The minimum absolute atomic E-state index is 0.0284. The van der Waals surface area contributed by atoms with E-state index in [0.717, 1.165) is 36.7 Å². The van der Waals surface area contributed by atoms with Crippen molar-refractivity contribution in [3.05, 3.63) is 47.6 Å². The molecule has 2 aliphatic rings. The predicted molar refractivity (Wildman–Crippen MR) is 126 cm³/mol. The van der Waals surface area contributed by atoms with E-state index >= 15 is 0 Å². The van der Waals surface area contributed by atoms with Gasteiger partial charge in [0.1, 0.15) is 0 Å². The highest BCUT2D eigenvalue weighted by Gasteiger charge is 2.29. The molecule has 1 fully saturated rings. The van der Waals surface area contributed by atoms with Crippen LogP contribution in [0.2, 0.25) is 0 Å². The maximum atomic E-state index is 14.4. The van der Waals surface area contributed by atoms with Crippen molar-refractivity contribution in [3.63, 3.8) is 0 Å². The van der Waals surface area contributed by atoms with Crippen LogP contribution >= 0.6 is 0 Å². The molecule has 1 unspecified atom stereocenters. The summed E-state index contributed by atoms with van der Waals surface area (Å²) in [5, 5.41) is 0. The van der Waals surface area contributed by atoms with Crippen LogP contribution in [0.5, 0.6) is 5.75 Å². The van der Waals surface area contributed by atoms with Crippen molar-refractivity contribution >= 4 is 5.57 Å². The van der Waals surface area contributed by atoms with Crippen molar-refractivity contribution in [1.29, 1.82) is 0 Å². The molecular formula is C28H40F2O. The van der Waals surface area contributed by atoms with Crippen LogP contribution in [0.3, 0.4) is 0 Å². The lowest BCUT2D eigenvalue weighted by molar-refractivity contribution is 0.190. The number of hydrogen-bond acceptors (Lipinski definition) is 1. The highest BCUT2D eigenvalue weighted by molar-refractivity contribution is 5.67. The van der Waals surface area contributed by atoms with Crippen LogP contribution < -0.4 is 4.74 Å². The Balaban J connectivity index is 1.42. The molecule has 3 heteroatoms. The quantitative estimate of drug-likeness (QED) is 0.266. The summed E-state index contributed by atoms with van der Waals surface area (Å²) in [5.74, 6) is 0.716. The molecule has 0 spiro atoms. The third kappa shape index (κ3) is 6.67. The second-order valence-corrected chi connectivity index (χ2v) is 9.53. The lowest BCUT2D eigenvalue weighted by Crippen LogP contribution is -2.23. The van der Waals surface area contributed by atoms with Gasteiger partial charge in [-0.25, -0.2) is 4.39 Å². The Bertz CT molecular complexity index is 744. The van der Waals surface area contributed by atoms with Crippen LogP contribution in [-0.4, -0.2) is 7.11 Å². The lowest BCUT2D eigenvalue weighted by atomic mass is 9.70. The zero-order chi connectivity index (χ0) is 22.1. The van der Waals surface area contributed by atoms with Gasteiger partial charge in [-0.3, -0.25) is 0 Å². The molecule has 0 N–H and O–H groups in total. The first-order valence-electron chi connectivity index (χ1n) is 12.5. The fraction of sp³-hybridized carbons (Fsp3) is 0.643. The van der Waals surface area contributed by atoms with Crippen LogP contribution in [0.1, 0.15) is 96.0 Å². The van der Waals surface area contributed by atoms with Crippen molar-refractivity contribution in [2.24, 2.45) is 17.8 Å². The number of hydrogen-bond donors (Lipinski definition) is 0. The summed E-state index contributed by atoms with van der Waals surface area (Å²) in [6.45, 7) is 2.25. The van der Waals surface area contributed by atoms with Gasteiger partial charge in [0.15, 0.2) is 11.6 Å². The first-order chi connectivity index (χ1) is 15.1. The number of benzene rings is 1. The highest BCUT2D eigenvalue weighted by atomic mass is 19.2. The Kier molecular flexibility index (Phi) is 9.61. The molecule has 1 nitrogen and oxygen atoms in total. The van der Waals surface area contributed by atoms with E-state index in [9.17, 15) is 8.78 Å². The maximum Gasteiger partial charge on any atom is 0.201 e. The number of methoxy groups -OCH3 is 1. The number of ether oxygens (including phenoxy) is 1. The first-order valence-corrected chi connectivity index (χ1v) is 12.5. The molecule has 1 aromatic rings. The number of halogens is 2. The number of rotatable bonds is 10. The molecule has 31 heavy (non-hydrogen) atoms. The molecular weight excluding hydrogens is 390 g/mol. The van der Waals surface area contributed by atoms with E-state index in [4.69, 9.17) is 4.74 Å². The summed E-state index contributed by atoms with van der Waals surface area (Å²) in [6.07, 6.45) is 23.1. The van der Waals surface area contributed by atoms with Gasteiger partial charge < -0.3 is 4.74 Å². The van der Waals surface area contributed by atoms with Crippen molar-refractivity contribution in [2.45, 2.75) is 90.4 Å². The molecule has 0 heterocycles. The van der Waals surface area contributed by atoms with Crippen molar-refractivity contribution in [2.75, 3.05) is 7.11 Å². The Labute approximate surface area is 188 Å². The Hall–Kier alpha value is -1.64. The molecule has 172 valence electrons. The minimum atomic E-state index is -0.878. The van der Waals surface area contributed by atoms with Gasteiger partial charge in [-0.2, -0.15) is 4.39 Å². The SMILES string of the molecule is CCCCC/C=C/CCC1CCC(C2CC=C(c3ccc(OC)c(F)c3F)CC2)CC1. The van der Waals surface area contributed by atoms with Crippen molar-refractivity contribution < 1.29 is 13.5 Å². The Morgan fingerprint density at radius 3 is 2.39 bits per heavy atom. The predicted octanol–water partition coefficient (Wildman–Crippen LogP) is 8.88. The Morgan fingerprint density at radius 1 is 0.935 bits per heavy atom. The van der Waals surface area contributed by atoms with Crippen LogP contribution in [-0.2, 0) is 0 Å². The van der Waals surface area contributed by atoms with E-state index in [1.165, 1.54) is 77.4 Å². The third-order valence-corrected chi connectivity index (χ3v) is 7.50. The van der Waals surface area contributed by atoms with Gasteiger partial charge in [0.25, 0.3) is 0 Å². The second kappa shape index (κ2) is 12.4. The molecule has 0 bridgehead atoms. The number of allylic oxidation sites excluding steroid dienone is 4. The van der Waals surface area contributed by atoms with Gasteiger partial charge in [0.2, 0.25) is 5.82 Å². The molecule has 0 aromatic heterocycles. The normalized spacial score (nSPS) is 24.4. The van der Waals surface area contributed by atoms with Gasteiger partial charge in [0.05, 0.1) is 7.11 Å². The molecule has 0 saturated heterocycles. The van der Waals surface area contributed by atoms with Crippen LogP contribution in [0.15, 0.2) is 30.4 Å². The van der Waals surface area contributed by atoms with Crippen LogP contribution in [0.25, 0.3) is 5.57 Å². The van der Waals surface area contributed by atoms with Gasteiger partial charge in [0, 0.05) is 5.56 Å². The van der Waals surface area contributed by atoms with Gasteiger partial charge >= 0.3 is 0 Å². The summed E-state index contributed by atoms with van der Waals surface area (Å²) >= 11 is 0. The van der Waals surface area contributed by atoms with Crippen LogP contribution in [0.4, 0.5) is 8.78 Å². The van der Waals surface area contributed by atoms with Gasteiger partial charge in [-0.1, -0.05) is 50.8 Å². The molecule has 0 amide bonds. The topological polar surface area (TPSA) is 9.23 Å². The van der Waals surface area contributed by atoms with E-state index in [1.807, 2.05) is 0 Å². The summed E-state index contributed by atoms with van der Waals surface area (Å²) < 4.78 is 33.4. The van der Waals surface area contributed by atoms with Crippen molar-refractivity contribution in [3.8, 4) is 5.75 Å². The van der Waals surface area contributed by atoms with E-state index in [1.54, 1.807) is 6.07 Å². The fourth-order valence-corrected chi connectivity index (χ4v) is 5.49. The summed E-state index contributed by atoms with van der Waals surface area (Å²) in [4.78, 5) is 0. The highest BCUT2D eigenvalue weighted by Crippen LogP contribution is 2.42. The molecule has 1 saturated carbocycles. The maximum absolute atomic E-state index is 14.4. The zero-order valence-electron chi connectivity index (χ0n) is 19.5. The minimum Gasteiger partial charge on any atom is -0.494 e. The van der Waals surface area contributed by atoms with E-state index in [2.05, 4.69) is 25.2 Å². The van der Waals surface area contributed by atoms with E-state index in [0.29, 0.717) is 11.5 Å². The molecule has 3 rings (SSSR count). The smallest absolute Gasteiger partial charge is 0.201 e. The summed E-state index contributed by atoms with van der Waals surface area (Å²) in [5.41, 5.74) is 1.36. The summed E-state index contributed by atoms with van der Waals surface area (Å²) in [7, 11) is 1.36. The average Bonchev–Trinajstić information content (AvgIpc) is 2.81. The monoisotopic (exact) mass is 430 g/mol. The summed E-state index contributed by atoms with van der Waals surface area (Å²) in [6, 6.07) is 3.19. The van der Waals surface area contributed by atoms with Crippen molar-refractivity contribution in [1.82, 2.24) is 0 Å². The third-order valence-electron chi connectivity index (χ3n) is 7.50. The standard InChI is InChI=1S/C28H40F2O/c1-3-4-5-6-7-8-9-10-21-11-13-22(14-12-21)23-15-17-24(18-16-23)25-19-20-26(31-2)28(30)27(25)29/h7-8,17,19-23H,3-6,9-16,18H2,1-2H3/b8-7+. The molecule has 1 aromatic carbocycles. The molecule has 2 aliphatic carbocycles. The van der Waals surface area contributed by atoms with Gasteiger partial charge in [-0.05, 0) is 93.2 Å². The fourth-order valence-electron chi connectivity index (χ4n) is 5.49. The zero-order valence-corrected chi connectivity index (χ0v) is 19.5. The number of unbranched alkanes of at least 4 members (excludes halogenated alkanes) is 3. The molecule has 0 radical (unpaired) electrons. The Morgan fingerprint density at radius 2 is 1.71 bits per heavy atom.